The minimum absolute atomic E-state index is 0.0318. The Labute approximate surface area is 441 Å². The van der Waals surface area contributed by atoms with Gasteiger partial charge in [0.2, 0.25) is 6.29 Å². The van der Waals surface area contributed by atoms with E-state index < -0.39 is 79.9 Å². The van der Waals surface area contributed by atoms with Crippen LogP contribution in [0, 0.1) is 11.3 Å². The first-order valence-corrected chi connectivity index (χ1v) is 26.4. The number of aliphatic imine (C=N–C) groups is 1. The molecule has 0 saturated carbocycles. The van der Waals surface area contributed by atoms with Crippen molar-refractivity contribution in [2.24, 2.45) is 4.99 Å². The number of methoxy groups -OCH3 is 2. The number of nitriles is 1. The van der Waals surface area contributed by atoms with Crippen LogP contribution in [0.5, 0.6) is 11.5 Å². The van der Waals surface area contributed by atoms with E-state index in [-0.39, 0.29) is 44.1 Å². The summed E-state index contributed by atoms with van der Waals surface area (Å²) in [6.07, 6.45) is -6.40. The van der Waals surface area contributed by atoms with Crippen LogP contribution in [0.2, 0.25) is 0 Å². The van der Waals surface area contributed by atoms with Gasteiger partial charge in [0, 0.05) is 39.3 Å². The van der Waals surface area contributed by atoms with Crippen LogP contribution in [0.3, 0.4) is 0 Å². The van der Waals surface area contributed by atoms with E-state index in [1.54, 1.807) is 81.7 Å². The van der Waals surface area contributed by atoms with E-state index in [1.165, 1.54) is 21.9 Å². The van der Waals surface area contributed by atoms with Crippen LogP contribution in [-0.4, -0.2) is 149 Å². The number of hydrogen-bond acceptors (Lipinski definition) is 16. The van der Waals surface area contributed by atoms with Crippen molar-refractivity contribution in [2.45, 2.75) is 95.0 Å². The van der Waals surface area contributed by atoms with Crippen molar-refractivity contribution >= 4 is 37.6 Å². The Morgan fingerprint density at radius 3 is 1.97 bits per heavy atom. The number of imide groups is 1. The highest BCUT2D eigenvalue weighted by molar-refractivity contribution is 7.51. The Morgan fingerprint density at radius 2 is 1.43 bits per heavy atom. The standard InChI is InChI=1S/C54H64N9O12P/c1-34(2)63(35(3)4)76(69,73-31-14-28-55)75-62-49-43(48(66)58-53(62)57-32-59(5)6)56-33-61(49)52-46(72-30-15-29-60-50(67)41-18-12-13-19-42(41)51(60)68)44(64)45(74-52)47(65)54(36-16-10-9-11-17-36,37-20-24-39(70-7)25-21-37)38-22-26-40(71-8)27-23-38/h9-13,16-27,32-35,44-47,52-53,64-65H,14-15,29-31H2,1-8H3,(H,58,66)/t44-,45+,46-,47?,52-,53?,76?/m1/s1. The molecule has 3 N–H and O–H groups in total. The maximum Gasteiger partial charge on any atom is 0.430 e. The van der Waals surface area contributed by atoms with Crippen molar-refractivity contribution in [3.8, 4) is 17.6 Å². The van der Waals surface area contributed by atoms with Crippen LogP contribution in [0.4, 0.5) is 5.82 Å². The lowest BCUT2D eigenvalue weighted by Gasteiger charge is -2.43. The predicted molar refractivity (Wildman–Crippen MR) is 280 cm³/mol. The number of rotatable bonds is 23. The molecule has 0 aliphatic carbocycles. The third-order valence-corrected chi connectivity index (χ3v) is 15.8. The Kier molecular flexibility index (Phi) is 17.1. The van der Waals surface area contributed by atoms with Gasteiger partial charge in [-0.3, -0.25) is 28.4 Å². The zero-order valence-corrected chi connectivity index (χ0v) is 44.5. The number of carbonyl (C=O) groups is 3. The lowest BCUT2D eigenvalue weighted by molar-refractivity contribution is -0.100. The van der Waals surface area contributed by atoms with E-state index in [0.717, 1.165) is 9.96 Å². The molecule has 8 rings (SSSR count). The van der Waals surface area contributed by atoms with E-state index in [0.29, 0.717) is 39.3 Å². The number of anilines is 1. The number of aromatic nitrogens is 2. The van der Waals surface area contributed by atoms with Gasteiger partial charge in [-0.1, -0.05) is 66.7 Å². The average molecular weight is 1060 g/mol. The lowest BCUT2D eigenvalue weighted by Crippen LogP contribution is -2.53. The number of nitrogens with zero attached hydrogens (tertiary/aromatic N) is 8. The third-order valence-electron chi connectivity index (χ3n) is 13.4. The first-order chi connectivity index (χ1) is 36.5. The molecule has 4 aromatic carbocycles. The zero-order chi connectivity index (χ0) is 54.5. The molecule has 1 aromatic heterocycles. The number of benzene rings is 4. The molecular weight excluding hydrogens is 998 g/mol. The van der Waals surface area contributed by atoms with Gasteiger partial charge in [-0.25, -0.2) is 19.2 Å². The van der Waals surface area contributed by atoms with E-state index in [9.17, 15) is 29.9 Å². The van der Waals surface area contributed by atoms with Gasteiger partial charge in [-0.2, -0.15) is 14.9 Å². The highest BCUT2D eigenvalue weighted by atomic mass is 31.2. The molecule has 3 amide bonds. The minimum Gasteiger partial charge on any atom is -0.497 e. The maximum absolute atomic E-state index is 15.5. The topological polar surface area (TPSA) is 243 Å². The van der Waals surface area contributed by atoms with Crippen LogP contribution in [-0.2, 0) is 28.6 Å². The monoisotopic (exact) mass is 1060 g/mol. The van der Waals surface area contributed by atoms with Crippen LogP contribution >= 0.6 is 7.75 Å². The summed E-state index contributed by atoms with van der Waals surface area (Å²) in [5, 5.41) is 39.8. The number of aliphatic hydroxyl groups is 2. The molecule has 1 saturated heterocycles. The second-order valence-corrected chi connectivity index (χ2v) is 21.0. The molecule has 0 spiro atoms. The van der Waals surface area contributed by atoms with Crippen molar-refractivity contribution in [1.29, 1.82) is 5.26 Å². The molecule has 3 aliphatic heterocycles. The quantitative estimate of drug-likeness (QED) is 0.0166. The van der Waals surface area contributed by atoms with Gasteiger partial charge < -0.3 is 39.4 Å². The van der Waals surface area contributed by atoms with Gasteiger partial charge in [-0.05, 0) is 87.2 Å². The van der Waals surface area contributed by atoms with Gasteiger partial charge in [0.05, 0.1) is 62.5 Å². The summed E-state index contributed by atoms with van der Waals surface area (Å²) >= 11 is 0. The summed E-state index contributed by atoms with van der Waals surface area (Å²) in [4.78, 5) is 52.8. The molecule has 21 nitrogen and oxygen atoms in total. The number of ether oxygens (including phenoxy) is 4. The first-order valence-electron chi connectivity index (χ1n) is 24.9. The predicted octanol–water partition coefficient (Wildman–Crippen LogP) is 6.14. The van der Waals surface area contributed by atoms with Crippen LogP contribution in [0.15, 0.2) is 114 Å². The molecule has 76 heavy (non-hydrogen) atoms. The number of nitrogens with one attached hydrogen (secondary N) is 1. The van der Waals surface area contributed by atoms with Crippen LogP contribution < -0.4 is 19.9 Å². The molecule has 22 heteroatoms. The first kappa shape index (κ1) is 55.2. The summed E-state index contributed by atoms with van der Waals surface area (Å²) in [7, 11) is 2.04. The van der Waals surface area contributed by atoms with Gasteiger partial charge in [0.15, 0.2) is 17.7 Å². The summed E-state index contributed by atoms with van der Waals surface area (Å²) in [6.45, 7) is 6.77. The van der Waals surface area contributed by atoms with Crippen molar-refractivity contribution < 1.29 is 57.3 Å². The fraction of sp³-hybridized carbons (Fsp3) is 0.407. The number of fused-ring (bicyclic) bond motifs is 2. The molecule has 402 valence electrons. The largest absolute Gasteiger partial charge is 0.497 e. The fourth-order valence-electron chi connectivity index (χ4n) is 10.2. The van der Waals surface area contributed by atoms with Crippen molar-refractivity contribution in [3.63, 3.8) is 0 Å². The summed E-state index contributed by atoms with van der Waals surface area (Å²) in [5.41, 5.74) is 0.677. The molecule has 0 radical (unpaired) electrons. The Morgan fingerprint density at radius 1 is 0.868 bits per heavy atom. The second kappa shape index (κ2) is 23.5. The maximum atomic E-state index is 15.5. The summed E-state index contributed by atoms with van der Waals surface area (Å²) < 4.78 is 55.7. The summed E-state index contributed by atoms with van der Waals surface area (Å²) in [5.74, 6) is -0.612. The molecule has 3 aliphatic rings. The average Bonchev–Trinajstić information content (AvgIpc) is 4.08. The number of hydroxylamine groups is 1. The molecule has 0 bridgehead atoms. The number of hydrogen-bond donors (Lipinski definition) is 3. The normalized spacial score (nSPS) is 20.7. The van der Waals surface area contributed by atoms with E-state index in [2.05, 4.69) is 15.3 Å². The van der Waals surface area contributed by atoms with Gasteiger partial charge >= 0.3 is 7.75 Å². The fourth-order valence-corrected chi connectivity index (χ4v) is 12.3. The molecule has 5 aromatic rings. The third kappa shape index (κ3) is 10.6. The van der Waals surface area contributed by atoms with Crippen molar-refractivity contribution in [1.82, 2.24) is 29.3 Å². The van der Waals surface area contributed by atoms with E-state index in [4.69, 9.17) is 28.1 Å². The van der Waals surface area contributed by atoms with Gasteiger partial charge in [0.1, 0.15) is 35.9 Å². The minimum atomic E-state index is -4.49. The summed E-state index contributed by atoms with van der Waals surface area (Å²) in [6, 6.07) is 31.4. The molecule has 3 unspecified atom stereocenters. The number of amides is 3. The van der Waals surface area contributed by atoms with E-state index >= 15 is 4.57 Å². The lowest BCUT2D eigenvalue weighted by atomic mass is 9.64. The molecule has 4 heterocycles. The van der Waals surface area contributed by atoms with Crippen molar-refractivity contribution in [3.05, 3.63) is 143 Å². The van der Waals surface area contributed by atoms with Crippen LogP contribution in [0.25, 0.3) is 0 Å². The van der Waals surface area contributed by atoms with Crippen LogP contribution in [0.1, 0.15) is 94.7 Å². The Balaban J connectivity index is 1.27. The van der Waals surface area contributed by atoms with Crippen molar-refractivity contribution in [2.75, 3.05) is 53.1 Å². The molecule has 1 fully saturated rings. The number of carbonyl (C=O) groups excluding carboxylic acids is 3. The van der Waals surface area contributed by atoms with Gasteiger partial charge in [-0.15, -0.1) is 0 Å². The van der Waals surface area contributed by atoms with Gasteiger partial charge in [0.25, 0.3) is 17.7 Å². The molecule has 7 atom stereocenters. The SMILES string of the molecule is COc1ccc(C(c2ccccc2)(c2ccc(OC)cc2)C(O)[C@H]2O[C@@H](n3cnc4c3N(OP(=O)(OCCC#N)N(C(C)C)C(C)C)C(N=CN(C)C)NC4=O)[C@H](OCCCN3C(=O)c4ccccc4C3=O)[C@@H]2O)cc1. The highest BCUT2D eigenvalue weighted by Gasteiger charge is 2.57. The zero-order valence-electron chi connectivity index (χ0n) is 43.6. The Bertz CT molecular complexity index is 2880. The Hall–Kier alpha value is -6.99. The smallest absolute Gasteiger partial charge is 0.430 e. The number of aliphatic hydroxyl groups excluding tert-OH is 2. The highest BCUT2D eigenvalue weighted by Crippen LogP contribution is 2.57. The van der Waals surface area contributed by atoms with E-state index in [1.807, 2.05) is 88.4 Å². The second-order valence-electron chi connectivity index (χ2n) is 19.1. The molecular formula is C54H64N9O12P. The number of imidazole rings is 1.